The normalized spacial score (nSPS) is 29.1. The molecule has 0 saturated carbocycles. The SMILES string of the molecule is CCOC1[C@@H]2CSC(C)N2C(=O)N1Cc1ccccc1. The number of ether oxygens (including phenoxy) is 1. The van der Waals surface area contributed by atoms with Crippen LogP contribution in [-0.2, 0) is 11.3 Å². The minimum absolute atomic E-state index is 0.106. The van der Waals surface area contributed by atoms with Gasteiger partial charge in [0.15, 0.2) is 6.23 Å². The third kappa shape index (κ3) is 2.29. The van der Waals surface area contributed by atoms with Crippen molar-refractivity contribution in [2.24, 2.45) is 0 Å². The number of carbonyl (C=O) groups is 1. The molecule has 0 radical (unpaired) electrons. The zero-order valence-corrected chi connectivity index (χ0v) is 12.7. The minimum Gasteiger partial charge on any atom is -0.356 e. The van der Waals surface area contributed by atoms with Crippen molar-refractivity contribution < 1.29 is 9.53 Å². The molecule has 0 aliphatic carbocycles. The van der Waals surface area contributed by atoms with E-state index in [9.17, 15) is 4.79 Å². The van der Waals surface area contributed by atoms with Gasteiger partial charge in [0.2, 0.25) is 0 Å². The van der Waals surface area contributed by atoms with Crippen molar-refractivity contribution in [1.82, 2.24) is 9.80 Å². The van der Waals surface area contributed by atoms with E-state index in [1.807, 2.05) is 46.7 Å². The molecule has 0 spiro atoms. The first-order valence-electron chi connectivity index (χ1n) is 7.08. The first-order chi connectivity index (χ1) is 9.72. The van der Waals surface area contributed by atoms with Crippen LogP contribution >= 0.6 is 11.8 Å². The van der Waals surface area contributed by atoms with Crippen molar-refractivity contribution in [2.45, 2.75) is 38.0 Å². The van der Waals surface area contributed by atoms with E-state index >= 15 is 0 Å². The molecule has 20 heavy (non-hydrogen) atoms. The molecule has 0 bridgehead atoms. The summed E-state index contributed by atoms with van der Waals surface area (Å²) in [7, 11) is 0. The summed E-state index contributed by atoms with van der Waals surface area (Å²) in [6.07, 6.45) is -0.120. The van der Waals surface area contributed by atoms with Crippen LogP contribution in [0.2, 0.25) is 0 Å². The number of benzene rings is 1. The Kier molecular flexibility index (Phi) is 3.89. The summed E-state index contributed by atoms with van der Waals surface area (Å²) in [5.41, 5.74) is 1.15. The first kappa shape index (κ1) is 13.8. The largest absolute Gasteiger partial charge is 0.356 e. The lowest BCUT2D eigenvalue weighted by atomic mass is 10.2. The number of nitrogens with zero attached hydrogens (tertiary/aromatic N) is 2. The van der Waals surface area contributed by atoms with Crippen LogP contribution in [0.5, 0.6) is 0 Å². The Labute approximate surface area is 124 Å². The summed E-state index contributed by atoms with van der Waals surface area (Å²) in [5, 5.41) is 0.247. The van der Waals surface area contributed by atoms with Gasteiger partial charge in [0.25, 0.3) is 0 Å². The summed E-state index contributed by atoms with van der Waals surface area (Å²) < 4.78 is 5.87. The molecule has 1 aromatic carbocycles. The van der Waals surface area contributed by atoms with Gasteiger partial charge in [-0.15, -0.1) is 11.8 Å². The van der Waals surface area contributed by atoms with Crippen LogP contribution in [-0.4, -0.2) is 45.8 Å². The maximum atomic E-state index is 12.6. The van der Waals surface area contributed by atoms with Crippen LogP contribution in [0.15, 0.2) is 30.3 Å². The molecule has 2 aliphatic rings. The predicted molar refractivity (Wildman–Crippen MR) is 80.3 cm³/mol. The second-order valence-electron chi connectivity index (χ2n) is 5.15. The van der Waals surface area contributed by atoms with Crippen LogP contribution in [0, 0.1) is 0 Å². The molecule has 0 aromatic heterocycles. The van der Waals surface area contributed by atoms with E-state index in [1.165, 1.54) is 0 Å². The molecule has 0 N–H and O–H groups in total. The highest BCUT2D eigenvalue weighted by atomic mass is 32.2. The molecule has 2 aliphatic heterocycles. The van der Waals surface area contributed by atoms with Gasteiger partial charge >= 0.3 is 6.03 Å². The van der Waals surface area contributed by atoms with Crippen LogP contribution in [0.3, 0.4) is 0 Å². The molecule has 4 nitrogen and oxygen atoms in total. The Hall–Kier alpha value is -1.20. The number of amides is 2. The fraction of sp³-hybridized carbons (Fsp3) is 0.533. The van der Waals surface area contributed by atoms with E-state index in [1.54, 1.807) is 0 Å². The lowest BCUT2D eigenvalue weighted by Crippen LogP contribution is -2.39. The fourth-order valence-electron chi connectivity index (χ4n) is 2.96. The second kappa shape index (κ2) is 5.66. The lowest BCUT2D eigenvalue weighted by molar-refractivity contribution is -0.0312. The average molecular weight is 292 g/mol. The van der Waals surface area contributed by atoms with Crippen LogP contribution in [0.25, 0.3) is 0 Å². The molecule has 3 atom stereocenters. The van der Waals surface area contributed by atoms with Crippen molar-refractivity contribution in [3.63, 3.8) is 0 Å². The van der Waals surface area contributed by atoms with Gasteiger partial charge in [0.1, 0.15) is 0 Å². The Morgan fingerprint density at radius 2 is 2.10 bits per heavy atom. The Bertz CT molecular complexity index is 482. The number of carbonyl (C=O) groups excluding carboxylic acids is 1. The molecule has 108 valence electrons. The molecule has 2 unspecified atom stereocenters. The highest BCUT2D eigenvalue weighted by Crippen LogP contribution is 2.38. The number of hydrogen-bond acceptors (Lipinski definition) is 3. The van der Waals surface area contributed by atoms with E-state index in [4.69, 9.17) is 4.74 Å². The van der Waals surface area contributed by atoms with Crippen LogP contribution in [0.4, 0.5) is 4.79 Å². The summed E-state index contributed by atoms with van der Waals surface area (Å²) in [6, 6.07) is 10.4. The smallest absolute Gasteiger partial charge is 0.323 e. The first-order valence-corrected chi connectivity index (χ1v) is 8.13. The zero-order chi connectivity index (χ0) is 14.1. The minimum atomic E-state index is -0.120. The zero-order valence-electron chi connectivity index (χ0n) is 11.9. The molecule has 5 heteroatoms. The van der Waals surface area contributed by atoms with E-state index in [0.717, 1.165) is 11.3 Å². The van der Waals surface area contributed by atoms with Crippen molar-refractivity contribution in [1.29, 1.82) is 0 Å². The van der Waals surface area contributed by atoms with Gasteiger partial charge in [-0.05, 0) is 19.4 Å². The van der Waals surface area contributed by atoms with E-state index in [2.05, 4.69) is 19.1 Å². The van der Waals surface area contributed by atoms with Crippen molar-refractivity contribution in [3.05, 3.63) is 35.9 Å². The molecular weight excluding hydrogens is 272 g/mol. The number of urea groups is 1. The van der Waals surface area contributed by atoms with Gasteiger partial charge in [-0.1, -0.05) is 30.3 Å². The van der Waals surface area contributed by atoms with Crippen molar-refractivity contribution >= 4 is 17.8 Å². The van der Waals surface area contributed by atoms with E-state index in [0.29, 0.717) is 13.2 Å². The highest BCUT2D eigenvalue weighted by molar-refractivity contribution is 8.00. The molecule has 2 fully saturated rings. The summed E-state index contributed by atoms with van der Waals surface area (Å²) in [6.45, 7) is 5.33. The third-order valence-electron chi connectivity index (χ3n) is 3.89. The van der Waals surface area contributed by atoms with Gasteiger partial charge in [0, 0.05) is 12.4 Å². The predicted octanol–water partition coefficient (Wildman–Crippen LogP) is 2.75. The Balaban J connectivity index is 1.83. The summed E-state index contributed by atoms with van der Waals surface area (Å²) in [5.74, 6) is 0.961. The number of hydrogen-bond donors (Lipinski definition) is 0. The monoisotopic (exact) mass is 292 g/mol. The highest BCUT2D eigenvalue weighted by Gasteiger charge is 2.51. The summed E-state index contributed by atoms with van der Waals surface area (Å²) >= 11 is 1.83. The topological polar surface area (TPSA) is 32.8 Å². The average Bonchev–Trinajstić information content (AvgIpc) is 2.95. The molecule has 2 saturated heterocycles. The second-order valence-corrected chi connectivity index (χ2v) is 6.50. The van der Waals surface area contributed by atoms with Crippen LogP contribution in [0.1, 0.15) is 19.4 Å². The van der Waals surface area contributed by atoms with Crippen molar-refractivity contribution in [2.75, 3.05) is 12.4 Å². The molecule has 1 aromatic rings. The number of rotatable bonds is 4. The van der Waals surface area contributed by atoms with Crippen molar-refractivity contribution in [3.8, 4) is 0 Å². The van der Waals surface area contributed by atoms with Gasteiger partial charge in [-0.25, -0.2) is 4.79 Å². The quantitative estimate of drug-likeness (QED) is 0.855. The molecular formula is C15H20N2O2S. The van der Waals surface area contributed by atoms with Gasteiger partial charge < -0.3 is 9.64 Å². The van der Waals surface area contributed by atoms with Gasteiger partial charge in [-0.3, -0.25) is 4.90 Å². The Morgan fingerprint density at radius 1 is 1.35 bits per heavy atom. The third-order valence-corrected chi connectivity index (χ3v) is 5.14. The molecule has 2 amide bonds. The maximum Gasteiger partial charge on any atom is 0.323 e. The van der Waals surface area contributed by atoms with Gasteiger partial charge in [0.05, 0.1) is 18.0 Å². The van der Waals surface area contributed by atoms with Gasteiger partial charge in [-0.2, -0.15) is 0 Å². The Morgan fingerprint density at radius 3 is 2.80 bits per heavy atom. The number of fused-ring (bicyclic) bond motifs is 1. The van der Waals surface area contributed by atoms with Crippen LogP contribution < -0.4 is 0 Å². The molecule has 3 rings (SSSR count). The lowest BCUT2D eigenvalue weighted by Gasteiger charge is -2.25. The number of thioether (sulfide) groups is 1. The molecule has 2 heterocycles. The van der Waals surface area contributed by atoms with E-state index in [-0.39, 0.29) is 23.7 Å². The van der Waals surface area contributed by atoms with E-state index < -0.39 is 0 Å². The fourth-order valence-corrected chi connectivity index (χ4v) is 4.17. The maximum absolute atomic E-state index is 12.6. The standard InChI is InChI=1S/C15H20N2O2S/c1-3-19-14-13-10-20-11(2)17(13)15(18)16(14)9-12-7-5-4-6-8-12/h4-8,11,13-14H,3,9-10H2,1-2H3/t11?,13-,14?/m0/s1. The summed E-state index contributed by atoms with van der Waals surface area (Å²) in [4.78, 5) is 16.5.